The van der Waals surface area contributed by atoms with Crippen LogP contribution in [-0.2, 0) is 13.1 Å². The van der Waals surface area contributed by atoms with Gasteiger partial charge in [-0.05, 0) is 37.1 Å². The Balaban J connectivity index is 2.24. The third-order valence-corrected chi connectivity index (χ3v) is 3.28. The van der Waals surface area contributed by atoms with Crippen LogP contribution in [0, 0.1) is 6.92 Å². The van der Waals surface area contributed by atoms with Gasteiger partial charge in [0, 0.05) is 25.3 Å². The number of aromatic nitrogens is 1. The first-order valence-electron chi connectivity index (χ1n) is 6.70. The van der Waals surface area contributed by atoms with Crippen LogP contribution in [0.25, 0.3) is 0 Å². The molecule has 2 aromatic rings. The molecule has 0 bridgehead atoms. The van der Waals surface area contributed by atoms with Gasteiger partial charge in [0.1, 0.15) is 5.82 Å². The van der Waals surface area contributed by atoms with E-state index in [9.17, 15) is 0 Å². The zero-order valence-corrected chi connectivity index (χ0v) is 11.6. The van der Waals surface area contributed by atoms with Crippen LogP contribution in [0.4, 0.5) is 5.82 Å². The summed E-state index contributed by atoms with van der Waals surface area (Å²) in [5.41, 5.74) is 9.32. The summed E-state index contributed by atoms with van der Waals surface area (Å²) < 4.78 is 0. The van der Waals surface area contributed by atoms with E-state index < -0.39 is 0 Å². The van der Waals surface area contributed by atoms with Gasteiger partial charge in [0.15, 0.2) is 0 Å². The minimum Gasteiger partial charge on any atom is -0.353 e. The minimum absolute atomic E-state index is 0.578. The second-order valence-electron chi connectivity index (χ2n) is 4.62. The lowest BCUT2D eigenvalue weighted by atomic mass is 10.1. The summed E-state index contributed by atoms with van der Waals surface area (Å²) in [6, 6.07) is 14.5. The molecule has 0 spiro atoms. The van der Waals surface area contributed by atoms with E-state index in [-0.39, 0.29) is 0 Å². The van der Waals surface area contributed by atoms with Gasteiger partial charge in [0.05, 0.1) is 0 Å². The first-order chi connectivity index (χ1) is 9.24. The summed E-state index contributed by atoms with van der Waals surface area (Å²) in [7, 11) is 0. The monoisotopic (exact) mass is 255 g/mol. The Morgan fingerprint density at radius 3 is 2.42 bits per heavy atom. The van der Waals surface area contributed by atoms with E-state index >= 15 is 0 Å². The van der Waals surface area contributed by atoms with Crippen molar-refractivity contribution in [2.24, 2.45) is 5.73 Å². The molecular formula is C16H21N3. The van der Waals surface area contributed by atoms with Gasteiger partial charge in [-0.25, -0.2) is 4.98 Å². The fraction of sp³-hybridized carbons (Fsp3) is 0.312. The van der Waals surface area contributed by atoms with Crippen molar-refractivity contribution in [1.29, 1.82) is 0 Å². The Morgan fingerprint density at radius 2 is 1.79 bits per heavy atom. The number of nitrogens with zero attached hydrogens (tertiary/aromatic N) is 2. The highest BCUT2D eigenvalue weighted by Gasteiger charge is 2.09. The van der Waals surface area contributed by atoms with Crippen LogP contribution in [0.1, 0.15) is 23.7 Å². The van der Waals surface area contributed by atoms with Crippen LogP contribution in [-0.4, -0.2) is 11.5 Å². The van der Waals surface area contributed by atoms with Crippen molar-refractivity contribution in [2.45, 2.75) is 26.9 Å². The third kappa shape index (κ3) is 3.32. The third-order valence-electron chi connectivity index (χ3n) is 3.28. The van der Waals surface area contributed by atoms with Crippen molar-refractivity contribution in [2.75, 3.05) is 11.4 Å². The number of pyridine rings is 1. The standard InChI is InChI=1S/C16H21N3/c1-3-19(16-10-6-7-13(2)18-16)12-15-9-5-4-8-14(15)11-17/h4-10H,3,11-12,17H2,1-2H3. The van der Waals surface area contributed by atoms with Crippen molar-refractivity contribution < 1.29 is 0 Å². The summed E-state index contributed by atoms with van der Waals surface area (Å²) in [6.45, 7) is 6.52. The molecule has 1 aromatic carbocycles. The molecule has 19 heavy (non-hydrogen) atoms. The SMILES string of the molecule is CCN(Cc1ccccc1CN)c1cccc(C)n1. The molecule has 1 heterocycles. The second-order valence-corrected chi connectivity index (χ2v) is 4.62. The maximum Gasteiger partial charge on any atom is 0.129 e. The fourth-order valence-electron chi connectivity index (χ4n) is 2.18. The Morgan fingerprint density at radius 1 is 1.05 bits per heavy atom. The molecule has 0 radical (unpaired) electrons. The molecular weight excluding hydrogens is 234 g/mol. The van der Waals surface area contributed by atoms with E-state index in [1.165, 1.54) is 11.1 Å². The van der Waals surface area contributed by atoms with Gasteiger partial charge in [0.25, 0.3) is 0 Å². The normalized spacial score (nSPS) is 10.5. The molecule has 2 rings (SSSR count). The first kappa shape index (κ1) is 13.6. The predicted molar refractivity (Wildman–Crippen MR) is 80.0 cm³/mol. The quantitative estimate of drug-likeness (QED) is 0.893. The van der Waals surface area contributed by atoms with Crippen molar-refractivity contribution in [1.82, 2.24) is 4.98 Å². The van der Waals surface area contributed by atoms with Gasteiger partial charge in [-0.1, -0.05) is 30.3 Å². The Labute approximate surface area is 115 Å². The van der Waals surface area contributed by atoms with Gasteiger partial charge in [-0.3, -0.25) is 0 Å². The van der Waals surface area contributed by atoms with Crippen molar-refractivity contribution in [3.8, 4) is 0 Å². The summed E-state index contributed by atoms with van der Waals surface area (Å²) in [5, 5.41) is 0. The second kappa shape index (κ2) is 6.34. The molecule has 3 heteroatoms. The van der Waals surface area contributed by atoms with Gasteiger partial charge in [-0.2, -0.15) is 0 Å². The van der Waals surface area contributed by atoms with Crippen molar-refractivity contribution in [3.05, 3.63) is 59.3 Å². The largest absolute Gasteiger partial charge is 0.353 e. The van der Waals surface area contributed by atoms with E-state index in [1.54, 1.807) is 0 Å². The molecule has 0 saturated carbocycles. The highest BCUT2D eigenvalue weighted by Crippen LogP contribution is 2.17. The first-order valence-corrected chi connectivity index (χ1v) is 6.70. The van der Waals surface area contributed by atoms with Crippen LogP contribution in [0.5, 0.6) is 0 Å². The van der Waals surface area contributed by atoms with Crippen LogP contribution < -0.4 is 10.6 Å². The smallest absolute Gasteiger partial charge is 0.129 e. The van der Waals surface area contributed by atoms with Crippen LogP contribution in [0.2, 0.25) is 0 Å². The zero-order valence-electron chi connectivity index (χ0n) is 11.6. The topological polar surface area (TPSA) is 42.1 Å². The summed E-state index contributed by atoms with van der Waals surface area (Å²) in [6.07, 6.45) is 0. The number of aryl methyl sites for hydroxylation is 1. The Kier molecular flexibility index (Phi) is 4.53. The molecule has 0 atom stereocenters. The number of hydrogen-bond donors (Lipinski definition) is 1. The lowest BCUT2D eigenvalue weighted by molar-refractivity contribution is 0.800. The van der Waals surface area contributed by atoms with Crippen LogP contribution in [0.15, 0.2) is 42.5 Å². The fourth-order valence-corrected chi connectivity index (χ4v) is 2.18. The minimum atomic E-state index is 0.578. The lowest BCUT2D eigenvalue weighted by Gasteiger charge is -2.23. The molecule has 2 N–H and O–H groups in total. The number of rotatable bonds is 5. The molecule has 0 amide bonds. The summed E-state index contributed by atoms with van der Waals surface area (Å²) >= 11 is 0. The number of nitrogens with two attached hydrogens (primary N) is 1. The number of hydrogen-bond acceptors (Lipinski definition) is 3. The van der Waals surface area contributed by atoms with Crippen LogP contribution >= 0.6 is 0 Å². The highest BCUT2D eigenvalue weighted by molar-refractivity contribution is 5.41. The predicted octanol–water partition coefficient (Wildman–Crippen LogP) is 2.88. The van der Waals surface area contributed by atoms with Gasteiger partial charge in [0.2, 0.25) is 0 Å². The highest BCUT2D eigenvalue weighted by atomic mass is 15.2. The van der Waals surface area contributed by atoms with Crippen LogP contribution in [0.3, 0.4) is 0 Å². The molecule has 100 valence electrons. The van der Waals surface area contributed by atoms with E-state index in [0.717, 1.165) is 24.6 Å². The zero-order chi connectivity index (χ0) is 13.7. The molecule has 0 aliphatic rings. The molecule has 0 aliphatic heterocycles. The number of benzene rings is 1. The van der Waals surface area contributed by atoms with Gasteiger partial charge >= 0.3 is 0 Å². The van der Waals surface area contributed by atoms with E-state index in [1.807, 2.05) is 19.1 Å². The Bertz CT molecular complexity index is 537. The molecule has 0 saturated heterocycles. The number of anilines is 1. The van der Waals surface area contributed by atoms with E-state index in [0.29, 0.717) is 6.54 Å². The maximum atomic E-state index is 5.80. The summed E-state index contributed by atoms with van der Waals surface area (Å²) in [4.78, 5) is 6.86. The lowest BCUT2D eigenvalue weighted by Crippen LogP contribution is -2.24. The van der Waals surface area contributed by atoms with E-state index in [4.69, 9.17) is 5.73 Å². The average molecular weight is 255 g/mol. The summed E-state index contributed by atoms with van der Waals surface area (Å²) in [5.74, 6) is 1.02. The molecule has 0 fully saturated rings. The van der Waals surface area contributed by atoms with Gasteiger partial charge in [-0.15, -0.1) is 0 Å². The molecule has 1 aromatic heterocycles. The maximum absolute atomic E-state index is 5.80. The molecule has 3 nitrogen and oxygen atoms in total. The van der Waals surface area contributed by atoms with Gasteiger partial charge < -0.3 is 10.6 Å². The molecule has 0 aliphatic carbocycles. The van der Waals surface area contributed by atoms with Crippen molar-refractivity contribution >= 4 is 5.82 Å². The van der Waals surface area contributed by atoms with E-state index in [2.05, 4.69) is 47.1 Å². The average Bonchev–Trinajstić information content (AvgIpc) is 2.45. The van der Waals surface area contributed by atoms with Crippen molar-refractivity contribution in [3.63, 3.8) is 0 Å². The molecule has 0 unspecified atom stereocenters. The Hall–Kier alpha value is -1.87.